The van der Waals surface area contributed by atoms with Crippen LogP contribution in [-0.4, -0.2) is 54.4 Å². The van der Waals surface area contributed by atoms with Crippen LogP contribution in [0.2, 0.25) is 0 Å². The third-order valence-corrected chi connectivity index (χ3v) is 3.71. The first-order chi connectivity index (χ1) is 11.1. The number of anilines is 1. The summed E-state index contributed by atoms with van der Waals surface area (Å²) in [6.45, 7) is 1.31. The van der Waals surface area contributed by atoms with Crippen LogP contribution in [0.1, 0.15) is 23.2 Å². The summed E-state index contributed by atoms with van der Waals surface area (Å²) < 4.78 is 24.7. The number of terminal acetylenes is 1. The molecule has 0 unspecified atom stereocenters. The lowest BCUT2D eigenvalue weighted by Crippen LogP contribution is -2.41. The van der Waals surface area contributed by atoms with Gasteiger partial charge in [0.25, 0.3) is 12.3 Å². The van der Waals surface area contributed by atoms with Gasteiger partial charge in [0.05, 0.1) is 18.7 Å². The third-order valence-electron chi connectivity index (χ3n) is 3.71. The van der Waals surface area contributed by atoms with Crippen LogP contribution in [0.5, 0.6) is 0 Å². The van der Waals surface area contributed by atoms with Crippen molar-refractivity contribution in [1.29, 1.82) is 0 Å². The Balaban J connectivity index is 1.81. The van der Waals surface area contributed by atoms with Gasteiger partial charge >= 0.3 is 0 Å². The molecular weight excluding hydrogens is 302 g/mol. The number of piperidine rings is 1. The van der Waals surface area contributed by atoms with E-state index >= 15 is 0 Å². The molecule has 2 rings (SSSR count). The second-order valence-electron chi connectivity index (χ2n) is 5.43. The van der Waals surface area contributed by atoms with Crippen molar-refractivity contribution in [1.82, 2.24) is 15.2 Å². The van der Waals surface area contributed by atoms with Crippen LogP contribution in [0.3, 0.4) is 0 Å². The first-order valence-corrected chi connectivity index (χ1v) is 7.53. The summed E-state index contributed by atoms with van der Waals surface area (Å²) in [5, 5.41) is 5.84. The molecule has 0 saturated carbocycles. The van der Waals surface area contributed by atoms with Crippen LogP contribution >= 0.6 is 0 Å². The lowest BCUT2D eigenvalue weighted by atomic mass is 10.1. The molecule has 0 aliphatic carbocycles. The lowest BCUT2D eigenvalue weighted by molar-refractivity contribution is 0.0769. The molecule has 5 nitrogen and oxygen atoms in total. The maximum atomic E-state index is 12.3. The number of halogens is 2. The van der Waals surface area contributed by atoms with Crippen LogP contribution < -0.4 is 10.6 Å². The monoisotopic (exact) mass is 322 g/mol. The van der Waals surface area contributed by atoms with E-state index in [1.165, 1.54) is 6.20 Å². The number of hydrogen-bond donors (Lipinski definition) is 2. The highest BCUT2D eigenvalue weighted by Gasteiger charge is 2.21. The van der Waals surface area contributed by atoms with Gasteiger partial charge in [-0.2, -0.15) is 0 Å². The molecule has 23 heavy (non-hydrogen) atoms. The first kappa shape index (κ1) is 17.2. The van der Waals surface area contributed by atoms with Gasteiger partial charge in [0, 0.05) is 25.3 Å². The number of carbonyl (C=O) groups excluding carboxylic acids is 1. The molecule has 1 aromatic heterocycles. The number of hydrogen-bond acceptors (Lipinski definition) is 4. The average molecular weight is 322 g/mol. The number of pyridine rings is 1. The fourth-order valence-electron chi connectivity index (χ4n) is 2.51. The molecule has 1 aliphatic heterocycles. The van der Waals surface area contributed by atoms with E-state index in [4.69, 9.17) is 6.42 Å². The fraction of sp³-hybridized carbons (Fsp3) is 0.500. The van der Waals surface area contributed by atoms with Crippen LogP contribution in [0, 0.1) is 12.3 Å². The molecular formula is C16H20F2N4O. The molecule has 2 N–H and O–H groups in total. The zero-order valence-corrected chi connectivity index (χ0v) is 12.8. The molecule has 1 aliphatic rings. The molecule has 0 bridgehead atoms. The number of likely N-dealkylation sites (tertiary alicyclic amines) is 1. The van der Waals surface area contributed by atoms with Gasteiger partial charge < -0.3 is 10.6 Å². The van der Waals surface area contributed by atoms with Crippen molar-refractivity contribution >= 4 is 11.7 Å². The minimum absolute atomic E-state index is 0.160. The Morgan fingerprint density at radius 3 is 2.74 bits per heavy atom. The molecule has 7 heteroatoms. The van der Waals surface area contributed by atoms with Crippen molar-refractivity contribution in [3.8, 4) is 12.3 Å². The van der Waals surface area contributed by atoms with Crippen LogP contribution in [0.15, 0.2) is 18.3 Å². The highest BCUT2D eigenvalue weighted by Crippen LogP contribution is 2.16. The van der Waals surface area contributed by atoms with Gasteiger partial charge in [0.1, 0.15) is 5.82 Å². The summed E-state index contributed by atoms with van der Waals surface area (Å²) in [5.74, 6) is 2.74. The summed E-state index contributed by atoms with van der Waals surface area (Å²) in [6, 6.07) is 3.61. The third kappa shape index (κ3) is 5.49. The van der Waals surface area contributed by atoms with E-state index in [0.29, 0.717) is 24.5 Å². The molecule has 0 atom stereocenters. The second kappa shape index (κ2) is 8.44. The smallest absolute Gasteiger partial charge is 0.253 e. The molecule has 1 aromatic rings. The molecule has 124 valence electrons. The highest BCUT2D eigenvalue weighted by atomic mass is 19.3. The summed E-state index contributed by atoms with van der Waals surface area (Å²) in [7, 11) is 0. The molecule has 1 fully saturated rings. The zero-order chi connectivity index (χ0) is 16.7. The van der Waals surface area contributed by atoms with Gasteiger partial charge in [0.15, 0.2) is 0 Å². The van der Waals surface area contributed by atoms with Gasteiger partial charge in [-0.25, -0.2) is 13.8 Å². The topological polar surface area (TPSA) is 57.3 Å². The SMILES string of the molecule is C#CCNC(=O)c1ccc(NC2CCN(CC(F)F)CC2)nc1. The van der Waals surface area contributed by atoms with Crippen molar-refractivity contribution in [3.63, 3.8) is 0 Å². The zero-order valence-electron chi connectivity index (χ0n) is 12.8. The average Bonchev–Trinajstić information content (AvgIpc) is 2.54. The number of aromatic nitrogens is 1. The molecule has 0 radical (unpaired) electrons. The van der Waals surface area contributed by atoms with E-state index in [2.05, 4.69) is 21.5 Å². The van der Waals surface area contributed by atoms with Gasteiger partial charge in [0.2, 0.25) is 0 Å². The molecule has 0 aromatic carbocycles. The summed E-state index contributed by atoms with van der Waals surface area (Å²) in [6.07, 6.45) is 5.87. The largest absolute Gasteiger partial charge is 0.367 e. The van der Waals surface area contributed by atoms with E-state index in [9.17, 15) is 13.6 Å². The molecule has 1 saturated heterocycles. The fourth-order valence-corrected chi connectivity index (χ4v) is 2.51. The van der Waals surface area contributed by atoms with Crippen LogP contribution in [0.4, 0.5) is 14.6 Å². The van der Waals surface area contributed by atoms with Crippen LogP contribution in [-0.2, 0) is 0 Å². The van der Waals surface area contributed by atoms with E-state index in [1.807, 2.05) is 0 Å². The van der Waals surface area contributed by atoms with Crippen molar-refractivity contribution in [2.24, 2.45) is 0 Å². The Morgan fingerprint density at radius 2 is 2.17 bits per heavy atom. The number of carbonyl (C=O) groups is 1. The standard InChI is InChI=1S/C16H20F2N4O/c1-2-7-19-16(23)12-3-4-15(20-10-12)21-13-5-8-22(9-6-13)11-14(17)18/h1,3-4,10,13-14H,5-9,11H2,(H,19,23)(H,20,21). The number of nitrogens with zero attached hydrogens (tertiary/aromatic N) is 2. The number of rotatable bonds is 6. The Hall–Kier alpha value is -2.20. The second-order valence-corrected chi connectivity index (χ2v) is 5.43. The van der Waals surface area contributed by atoms with Crippen molar-refractivity contribution in [2.45, 2.75) is 25.3 Å². The van der Waals surface area contributed by atoms with Crippen molar-refractivity contribution in [2.75, 3.05) is 31.5 Å². The lowest BCUT2D eigenvalue weighted by Gasteiger charge is -2.32. The maximum absolute atomic E-state index is 12.3. The molecule has 2 heterocycles. The van der Waals surface area contributed by atoms with E-state index < -0.39 is 6.43 Å². The Bertz CT molecular complexity index is 548. The van der Waals surface area contributed by atoms with Crippen molar-refractivity contribution in [3.05, 3.63) is 23.9 Å². The minimum atomic E-state index is -2.28. The Morgan fingerprint density at radius 1 is 1.43 bits per heavy atom. The normalized spacial score (nSPS) is 16.1. The van der Waals surface area contributed by atoms with E-state index in [0.717, 1.165) is 12.8 Å². The van der Waals surface area contributed by atoms with Crippen molar-refractivity contribution < 1.29 is 13.6 Å². The highest BCUT2D eigenvalue weighted by molar-refractivity contribution is 5.94. The van der Waals surface area contributed by atoms with Crippen LogP contribution in [0.25, 0.3) is 0 Å². The van der Waals surface area contributed by atoms with Gasteiger partial charge in [-0.3, -0.25) is 9.69 Å². The Kier molecular flexibility index (Phi) is 6.29. The maximum Gasteiger partial charge on any atom is 0.253 e. The van der Waals surface area contributed by atoms with Gasteiger partial charge in [-0.05, 0) is 25.0 Å². The summed E-state index contributed by atoms with van der Waals surface area (Å²) in [5.41, 5.74) is 0.442. The molecule has 1 amide bonds. The first-order valence-electron chi connectivity index (χ1n) is 7.53. The minimum Gasteiger partial charge on any atom is -0.367 e. The number of nitrogens with one attached hydrogen (secondary N) is 2. The number of amides is 1. The van der Waals surface area contributed by atoms with E-state index in [1.54, 1.807) is 17.0 Å². The van der Waals surface area contributed by atoms with Gasteiger partial charge in [-0.1, -0.05) is 5.92 Å². The predicted molar refractivity (Wildman–Crippen MR) is 84.5 cm³/mol. The number of alkyl halides is 2. The van der Waals surface area contributed by atoms with E-state index in [-0.39, 0.29) is 25.0 Å². The summed E-state index contributed by atoms with van der Waals surface area (Å²) >= 11 is 0. The van der Waals surface area contributed by atoms with Gasteiger partial charge in [-0.15, -0.1) is 6.42 Å². The quantitative estimate of drug-likeness (QED) is 0.781. The summed E-state index contributed by atoms with van der Waals surface area (Å²) in [4.78, 5) is 17.7. The Labute approximate surface area is 134 Å². The molecule has 0 spiro atoms. The predicted octanol–water partition coefficient (Wildman–Crippen LogP) is 1.59.